The number of hydrogen-bond donors (Lipinski definition) is 3. The zero-order valence-electron chi connectivity index (χ0n) is 11.4. The number of benzene rings is 1. The summed E-state index contributed by atoms with van der Waals surface area (Å²) in [5.41, 5.74) is 1.88. The van der Waals surface area contributed by atoms with Crippen LogP contribution in [0.1, 0.15) is 5.56 Å². The van der Waals surface area contributed by atoms with Gasteiger partial charge in [-0.3, -0.25) is 4.79 Å². The van der Waals surface area contributed by atoms with Crippen molar-refractivity contribution in [1.29, 1.82) is 0 Å². The molecule has 3 rings (SSSR count). The number of morpholine rings is 1. The van der Waals surface area contributed by atoms with Crippen molar-refractivity contribution in [2.24, 2.45) is 0 Å². The van der Waals surface area contributed by atoms with Crippen LogP contribution in [-0.4, -0.2) is 52.3 Å². The summed E-state index contributed by atoms with van der Waals surface area (Å²) < 4.78 is 5.27. The second-order valence-corrected chi connectivity index (χ2v) is 4.73. The molecule has 1 fully saturated rings. The predicted octanol–water partition coefficient (Wildman–Crippen LogP) is -0.529. The van der Waals surface area contributed by atoms with E-state index in [9.17, 15) is 4.79 Å². The lowest BCUT2D eigenvalue weighted by molar-refractivity contribution is -0.126. The van der Waals surface area contributed by atoms with E-state index in [4.69, 9.17) is 4.74 Å². The molecule has 8 heteroatoms. The first kappa shape index (κ1) is 13.7. The largest absolute Gasteiger partial charge is 0.378 e. The highest BCUT2D eigenvalue weighted by atomic mass is 16.5. The topological polar surface area (TPSA) is 105 Å². The van der Waals surface area contributed by atoms with Crippen LogP contribution in [0.5, 0.6) is 0 Å². The van der Waals surface area contributed by atoms with Gasteiger partial charge < -0.3 is 15.4 Å². The highest BCUT2D eigenvalue weighted by Gasteiger charge is 2.20. The molecule has 3 N–H and O–H groups in total. The van der Waals surface area contributed by atoms with Crippen molar-refractivity contribution in [1.82, 2.24) is 31.3 Å². The fraction of sp³-hybridized carbons (Fsp3) is 0.385. The summed E-state index contributed by atoms with van der Waals surface area (Å²) in [6.07, 6.45) is 0. The normalized spacial score (nSPS) is 18.4. The molecule has 1 saturated heterocycles. The van der Waals surface area contributed by atoms with Gasteiger partial charge in [0.2, 0.25) is 11.7 Å². The van der Waals surface area contributed by atoms with Crippen molar-refractivity contribution in [3.05, 3.63) is 29.8 Å². The van der Waals surface area contributed by atoms with Gasteiger partial charge in [-0.05, 0) is 10.8 Å². The smallest absolute Gasteiger partial charge is 0.239 e. The Labute approximate surface area is 121 Å². The zero-order chi connectivity index (χ0) is 14.5. The zero-order valence-corrected chi connectivity index (χ0v) is 11.4. The van der Waals surface area contributed by atoms with Crippen LogP contribution >= 0.6 is 0 Å². The van der Waals surface area contributed by atoms with Crippen molar-refractivity contribution in [2.45, 2.75) is 12.6 Å². The van der Waals surface area contributed by atoms with Crippen LogP contribution in [0.25, 0.3) is 11.4 Å². The van der Waals surface area contributed by atoms with Crippen LogP contribution in [0, 0.1) is 0 Å². The molecule has 1 aliphatic heterocycles. The van der Waals surface area contributed by atoms with Crippen LogP contribution < -0.4 is 10.6 Å². The Bertz CT molecular complexity index is 577. The van der Waals surface area contributed by atoms with Crippen molar-refractivity contribution in [2.75, 3.05) is 19.8 Å². The Kier molecular flexibility index (Phi) is 4.17. The summed E-state index contributed by atoms with van der Waals surface area (Å²) in [6, 6.07) is 7.38. The summed E-state index contributed by atoms with van der Waals surface area (Å²) in [6.45, 7) is 2.25. The number of tetrazole rings is 1. The van der Waals surface area contributed by atoms with Gasteiger partial charge in [0, 0.05) is 18.7 Å². The number of rotatable bonds is 4. The van der Waals surface area contributed by atoms with Gasteiger partial charge in [-0.1, -0.05) is 24.3 Å². The van der Waals surface area contributed by atoms with E-state index in [0.29, 0.717) is 32.1 Å². The van der Waals surface area contributed by atoms with Gasteiger partial charge >= 0.3 is 0 Å². The van der Waals surface area contributed by atoms with Gasteiger partial charge in [-0.25, -0.2) is 0 Å². The SMILES string of the molecule is O=C(NCc1ccc(-c2nn[nH]n2)cc1)C1COCCN1. The van der Waals surface area contributed by atoms with Gasteiger partial charge in [-0.15, -0.1) is 10.2 Å². The number of carbonyl (C=O) groups is 1. The fourth-order valence-electron chi connectivity index (χ4n) is 2.10. The van der Waals surface area contributed by atoms with E-state index in [2.05, 4.69) is 31.3 Å². The van der Waals surface area contributed by atoms with Crippen LogP contribution in [0.15, 0.2) is 24.3 Å². The lowest BCUT2D eigenvalue weighted by atomic mass is 10.1. The lowest BCUT2D eigenvalue weighted by Crippen LogP contribution is -2.51. The summed E-state index contributed by atoms with van der Waals surface area (Å²) in [5, 5.41) is 19.8. The fourth-order valence-corrected chi connectivity index (χ4v) is 2.10. The average Bonchev–Trinajstić information content (AvgIpc) is 3.08. The Morgan fingerprint density at radius 2 is 2.24 bits per heavy atom. The van der Waals surface area contributed by atoms with Crippen LogP contribution in [0.2, 0.25) is 0 Å². The molecule has 0 spiro atoms. The maximum Gasteiger partial charge on any atom is 0.239 e. The minimum absolute atomic E-state index is 0.0445. The molecule has 0 aliphatic carbocycles. The number of amides is 1. The van der Waals surface area contributed by atoms with Gasteiger partial charge in [0.25, 0.3) is 0 Å². The first-order chi connectivity index (χ1) is 10.3. The maximum atomic E-state index is 11.9. The molecule has 0 bridgehead atoms. The Hall–Kier alpha value is -2.32. The number of aromatic nitrogens is 4. The van der Waals surface area contributed by atoms with Gasteiger partial charge in [0.15, 0.2) is 0 Å². The summed E-state index contributed by atoms with van der Waals surface area (Å²) in [7, 11) is 0. The van der Waals surface area contributed by atoms with Crippen molar-refractivity contribution < 1.29 is 9.53 Å². The lowest BCUT2D eigenvalue weighted by Gasteiger charge is -2.22. The second kappa shape index (κ2) is 6.42. The van der Waals surface area contributed by atoms with Crippen LogP contribution in [0.4, 0.5) is 0 Å². The van der Waals surface area contributed by atoms with Crippen LogP contribution in [-0.2, 0) is 16.1 Å². The third kappa shape index (κ3) is 3.41. The number of nitrogens with one attached hydrogen (secondary N) is 3. The highest BCUT2D eigenvalue weighted by Crippen LogP contribution is 2.13. The van der Waals surface area contributed by atoms with Crippen molar-refractivity contribution in [3.63, 3.8) is 0 Å². The average molecular weight is 288 g/mol. The second-order valence-electron chi connectivity index (χ2n) is 4.73. The van der Waals surface area contributed by atoms with Gasteiger partial charge in [-0.2, -0.15) is 5.21 Å². The van der Waals surface area contributed by atoms with E-state index < -0.39 is 0 Å². The molecule has 1 aromatic heterocycles. The molecule has 2 aromatic rings. The molecular formula is C13H16N6O2. The van der Waals surface area contributed by atoms with E-state index >= 15 is 0 Å². The first-order valence-electron chi connectivity index (χ1n) is 6.74. The summed E-state index contributed by atoms with van der Waals surface area (Å²) >= 11 is 0. The monoisotopic (exact) mass is 288 g/mol. The third-order valence-corrected chi connectivity index (χ3v) is 3.26. The maximum absolute atomic E-state index is 11.9. The molecule has 1 atom stereocenters. The summed E-state index contributed by atoms with van der Waals surface area (Å²) in [4.78, 5) is 11.9. The Morgan fingerprint density at radius 1 is 1.38 bits per heavy atom. The Morgan fingerprint density at radius 3 is 2.90 bits per heavy atom. The molecule has 1 aromatic carbocycles. The number of carbonyl (C=O) groups excluding carboxylic acids is 1. The van der Waals surface area contributed by atoms with Crippen molar-refractivity contribution >= 4 is 5.91 Å². The number of nitrogens with zero attached hydrogens (tertiary/aromatic N) is 3. The molecule has 110 valence electrons. The molecule has 21 heavy (non-hydrogen) atoms. The Balaban J connectivity index is 1.54. The van der Waals surface area contributed by atoms with E-state index in [1.54, 1.807) is 0 Å². The third-order valence-electron chi connectivity index (χ3n) is 3.26. The van der Waals surface area contributed by atoms with Crippen LogP contribution in [0.3, 0.4) is 0 Å². The molecule has 0 saturated carbocycles. The minimum Gasteiger partial charge on any atom is -0.378 e. The standard InChI is InChI=1S/C13H16N6O2/c20-13(11-8-21-6-5-14-11)15-7-9-1-3-10(4-2-9)12-16-18-19-17-12/h1-4,11,14H,5-8H2,(H,15,20)(H,16,17,18,19). The number of ether oxygens (including phenoxy) is 1. The van der Waals surface area contributed by atoms with E-state index in [-0.39, 0.29) is 11.9 Å². The highest BCUT2D eigenvalue weighted by molar-refractivity contribution is 5.82. The predicted molar refractivity (Wildman–Crippen MR) is 74.1 cm³/mol. The number of H-pyrrole nitrogens is 1. The van der Waals surface area contributed by atoms with Gasteiger partial charge in [0.05, 0.1) is 13.2 Å². The molecule has 1 amide bonds. The quantitative estimate of drug-likeness (QED) is 0.698. The molecule has 2 heterocycles. The molecule has 8 nitrogen and oxygen atoms in total. The molecule has 1 unspecified atom stereocenters. The van der Waals surface area contributed by atoms with Gasteiger partial charge in [0.1, 0.15) is 6.04 Å². The molecule has 1 aliphatic rings. The molecule has 0 radical (unpaired) electrons. The van der Waals surface area contributed by atoms with E-state index in [1.165, 1.54) is 0 Å². The van der Waals surface area contributed by atoms with E-state index in [1.807, 2.05) is 24.3 Å². The minimum atomic E-state index is -0.266. The summed E-state index contributed by atoms with van der Waals surface area (Å²) in [5.74, 6) is 0.506. The number of aromatic amines is 1. The van der Waals surface area contributed by atoms with Crippen molar-refractivity contribution in [3.8, 4) is 11.4 Å². The van der Waals surface area contributed by atoms with E-state index in [0.717, 1.165) is 11.1 Å². The first-order valence-corrected chi connectivity index (χ1v) is 6.74. The molecular weight excluding hydrogens is 272 g/mol. The number of hydrogen-bond acceptors (Lipinski definition) is 6.